The fourth-order valence-corrected chi connectivity index (χ4v) is 1.62. The van der Waals surface area contributed by atoms with Crippen LogP contribution in [0, 0.1) is 0 Å². The van der Waals surface area contributed by atoms with Crippen LogP contribution in [-0.4, -0.2) is 39.3 Å². The van der Waals surface area contributed by atoms with Gasteiger partial charge in [0.1, 0.15) is 11.7 Å². The molecule has 0 spiro atoms. The Morgan fingerprint density at radius 1 is 1.40 bits per heavy atom. The lowest BCUT2D eigenvalue weighted by Gasteiger charge is -2.12. The molecule has 0 aliphatic carbocycles. The second-order valence-electron chi connectivity index (χ2n) is 4.32. The van der Waals surface area contributed by atoms with Crippen LogP contribution in [0.1, 0.15) is 34.2 Å². The summed E-state index contributed by atoms with van der Waals surface area (Å²) in [6.07, 6.45) is 0.951. The van der Waals surface area contributed by atoms with E-state index in [9.17, 15) is 19.2 Å². The largest absolute Gasteiger partial charge is 0.480 e. The van der Waals surface area contributed by atoms with Gasteiger partial charge >= 0.3 is 5.97 Å². The minimum atomic E-state index is -1.41. The highest BCUT2D eigenvalue weighted by molar-refractivity contribution is 6.00. The molecule has 1 atom stereocenters. The molecule has 1 rings (SSSR count). The van der Waals surface area contributed by atoms with E-state index in [-0.39, 0.29) is 11.5 Å². The average Bonchev–Trinajstić information content (AvgIpc) is 2.69. The Kier molecular flexibility index (Phi) is 4.63. The van der Waals surface area contributed by atoms with Crippen LogP contribution in [0.4, 0.5) is 0 Å². The number of carboxylic acids is 1. The van der Waals surface area contributed by atoms with Gasteiger partial charge in [-0.3, -0.25) is 14.4 Å². The van der Waals surface area contributed by atoms with Gasteiger partial charge < -0.3 is 20.7 Å². The average molecular weight is 281 g/mol. The maximum atomic E-state index is 11.9. The second-order valence-corrected chi connectivity index (χ2v) is 4.32. The predicted octanol–water partition coefficient (Wildman–Crippen LogP) is -0.714. The zero-order valence-electron chi connectivity index (χ0n) is 11.0. The molecule has 20 heavy (non-hydrogen) atoms. The van der Waals surface area contributed by atoms with Crippen LogP contribution in [0.2, 0.25) is 0 Å². The van der Waals surface area contributed by atoms with Crippen LogP contribution in [0.3, 0.4) is 0 Å². The number of rotatable bonds is 6. The van der Waals surface area contributed by atoms with Crippen LogP contribution < -0.4 is 11.1 Å². The number of aryl methyl sites for hydroxylation is 1. The highest BCUT2D eigenvalue weighted by atomic mass is 16.4. The number of carbonyl (C=O) groups excluding carboxylic acids is 3. The number of Topliss-reactive ketones (excluding diaryl/α,β-unsaturated/α-hetero) is 1. The van der Waals surface area contributed by atoms with E-state index in [1.54, 1.807) is 7.05 Å². The van der Waals surface area contributed by atoms with Crippen LogP contribution in [-0.2, 0) is 16.6 Å². The molecule has 0 fully saturated rings. The van der Waals surface area contributed by atoms with Gasteiger partial charge in [0, 0.05) is 18.8 Å². The van der Waals surface area contributed by atoms with E-state index in [0.29, 0.717) is 5.56 Å². The van der Waals surface area contributed by atoms with Gasteiger partial charge in [-0.15, -0.1) is 0 Å². The fourth-order valence-electron chi connectivity index (χ4n) is 1.62. The number of hydrogen-bond acceptors (Lipinski definition) is 4. The molecule has 108 valence electrons. The van der Waals surface area contributed by atoms with Gasteiger partial charge in [-0.25, -0.2) is 4.79 Å². The highest BCUT2D eigenvalue weighted by Gasteiger charge is 2.24. The standard InChI is InChI=1S/C12H15N3O5/c1-6(16)7-3-9(15(2)5-7)11(18)14-8(12(19)20)4-10(13)17/h3,5,8H,4H2,1-2H3,(H2,13,17)(H,14,18)(H,19,20). The third kappa shape index (κ3) is 3.67. The summed E-state index contributed by atoms with van der Waals surface area (Å²) in [5.41, 5.74) is 5.37. The van der Waals surface area contributed by atoms with Crippen molar-refractivity contribution in [2.24, 2.45) is 12.8 Å². The van der Waals surface area contributed by atoms with Gasteiger partial charge in [-0.05, 0) is 13.0 Å². The Balaban J connectivity index is 2.91. The molecule has 0 bridgehead atoms. The Bertz CT molecular complexity index is 576. The van der Waals surface area contributed by atoms with Crippen molar-refractivity contribution >= 4 is 23.6 Å². The molecule has 1 aromatic heterocycles. The third-order valence-electron chi connectivity index (χ3n) is 2.65. The molecule has 0 saturated carbocycles. The quantitative estimate of drug-likeness (QED) is 0.592. The number of carbonyl (C=O) groups is 4. The van der Waals surface area contributed by atoms with Gasteiger partial charge in [-0.1, -0.05) is 0 Å². The van der Waals surface area contributed by atoms with E-state index in [0.717, 1.165) is 0 Å². The molecule has 0 aliphatic heterocycles. The molecule has 1 aromatic rings. The molecular formula is C12H15N3O5. The van der Waals surface area contributed by atoms with Gasteiger partial charge in [0.05, 0.1) is 6.42 Å². The zero-order chi connectivity index (χ0) is 15.4. The minimum absolute atomic E-state index is 0.117. The van der Waals surface area contributed by atoms with Crippen LogP contribution in [0.15, 0.2) is 12.3 Å². The fraction of sp³-hybridized carbons (Fsp3) is 0.333. The number of nitrogens with zero attached hydrogens (tertiary/aromatic N) is 1. The Labute approximate surface area is 114 Å². The predicted molar refractivity (Wildman–Crippen MR) is 68.1 cm³/mol. The normalized spacial score (nSPS) is 11.7. The summed E-state index contributed by atoms with van der Waals surface area (Å²) in [6.45, 7) is 1.35. The number of hydrogen-bond donors (Lipinski definition) is 3. The van der Waals surface area contributed by atoms with Gasteiger partial charge in [-0.2, -0.15) is 0 Å². The summed E-state index contributed by atoms with van der Waals surface area (Å²) >= 11 is 0. The van der Waals surface area contributed by atoms with Crippen molar-refractivity contribution in [1.82, 2.24) is 9.88 Å². The van der Waals surface area contributed by atoms with Crippen molar-refractivity contribution in [2.45, 2.75) is 19.4 Å². The van der Waals surface area contributed by atoms with Crippen LogP contribution in [0.25, 0.3) is 0 Å². The first-order valence-electron chi connectivity index (χ1n) is 5.71. The van der Waals surface area contributed by atoms with E-state index in [4.69, 9.17) is 10.8 Å². The zero-order valence-corrected chi connectivity index (χ0v) is 11.0. The minimum Gasteiger partial charge on any atom is -0.480 e. The van der Waals surface area contributed by atoms with Crippen molar-refractivity contribution in [3.8, 4) is 0 Å². The van der Waals surface area contributed by atoms with Gasteiger partial charge in [0.25, 0.3) is 5.91 Å². The van der Waals surface area contributed by atoms with Crippen LogP contribution in [0.5, 0.6) is 0 Å². The van der Waals surface area contributed by atoms with Crippen LogP contribution >= 0.6 is 0 Å². The summed E-state index contributed by atoms with van der Waals surface area (Å²) in [4.78, 5) is 44.8. The molecular weight excluding hydrogens is 266 g/mol. The molecule has 0 aliphatic rings. The lowest BCUT2D eigenvalue weighted by Crippen LogP contribution is -2.43. The van der Waals surface area contributed by atoms with Crippen molar-refractivity contribution in [1.29, 1.82) is 0 Å². The van der Waals surface area contributed by atoms with E-state index < -0.39 is 30.2 Å². The maximum Gasteiger partial charge on any atom is 0.326 e. The lowest BCUT2D eigenvalue weighted by molar-refractivity contribution is -0.140. The summed E-state index contributed by atoms with van der Waals surface area (Å²) in [5, 5.41) is 11.1. The summed E-state index contributed by atoms with van der Waals surface area (Å²) < 4.78 is 1.40. The van der Waals surface area contributed by atoms with E-state index >= 15 is 0 Å². The summed E-state index contributed by atoms with van der Waals surface area (Å²) in [7, 11) is 1.55. The molecule has 8 heteroatoms. The molecule has 0 aromatic carbocycles. The SMILES string of the molecule is CC(=O)c1cc(C(=O)NC(CC(N)=O)C(=O)O)n(C)c1. The number of primary amides is 1. The molecule has 4 N–H and O–H groups in total. The number of nitrogens with two attached hydrogens (primary N) is 1. The van der Waals surface area contributed by atoms with Crippen molar-refractivity contribution < 1.29 is 24.3 Å². The summed E-state index contributed by atoms with van der Waals surface area (Å²) in [5.74, 6) is -3.12. The number of aliphatic carboxylic acids is 1. The molecule has 0 saturated heterocycles. The van der Waals surface area contributed by atoms with E-state index in [1.165, 1.54) is 23.8 Å². The first-order chi connectivity index (χ1) is 9.22. The Morgan fingerprint density at radius 2 is 2.00 bits per heavy atom. The number of aromatic nitrogens is 1. The van der Waals surface area contributed by atoms with E-state index in [1.807, 2.05) is 0 Å². The molecule has 1 heterocycles. The molecule has 2 amide bonds. The smallest absolute Gasteiger partial charge is 0.326 e. The second kappa shape index (κ2) is 6.00. The third-order valence-corrected chi connectivity index (χ3v) is 2.65. The van der Waals surface area contributed by atoms with E-state index in [2.05, 4.69) is 5.32 Å². The van der Waals surface area contributed by atoms with Gasteiger partial charge in [0.15, 0.2) is 5.78 Å². The topological polar surface area (TPSA) is 131 Å². The molecule has 0 radical (unpaired) electrons. The number of nitrogens with one attached hydrogen (secondary N) is 1. The monoisotopic (exact) mass is 281 g/mol. The first kappa shape index (κ1) is 15.4. The molecule has 1 unspecified atom stereocenters. The van der Waals surface area contributed by atoms with Gasteiger partial charge in [0.2, 0.25) is 5.91 Å². The summed E-state index contributed by atoms with van der Waals surface area (Å²) in [6, 6.07) is -0.0587. The van der Waals surface area contributed by atoms with Crippen molar-refractivity contribution in [3.63, 3.8) is 0 Å². The Morgan fingerprint density at radius 3 is 2.40 bits per heavy atom. The molecule has 8 nitrogen and oxygen atoms in total. The van der Waals surface area contributed by atoms with Crippen molar-refractivity contribution in [2.75, 3.05) is 0 Å². The maximum absolute atomic E-state index is 11.9. The van der Waals surface area contributed by atoms with Crippen molar-refractivity contribution in [3.05, 3.63) is 23.5 Å². The number of ketones is 1. The first-order valence-corrected chi connectivity index (χ1v) is 5.71. The highest BCUT2D eigenvalue weighted by Crippen LogP contribution is 2.08. The number of carboxylic acid groups (broad SMARTS) is 1. The lowest BCUT2D eigenvalue weighted by atomic mass is 10.2. The Hall–Kier alpha value is -2.64. The number of amides is 2.